The number of aromatic nitrogens is 1. The van der Waals surface area contributed by atoms with Crippen molar-refractivity contribution in [3.8, 4) is 0 Å². The van der Waals surface area contributed by atoms with Crippen LogP contribution in [0.1, 0.15) is 19.0 Å². The van der Waals surface area contributed by atoms with Gasteiger partial charge in [0.1, 0.15) is 0 Å². The molecule has 2 amide bonds. The number of hydrogen-bond acceptors (Lipinski definition) is 4. The van der Waals surface area contributed by atoms with Crippen molar-refractivity contribution in [3.63, 3.8) is 0 Å². The molecule has 2 atom stereocenters. The summed E-state index contributed by atoms with van der Waals surface area (Å²) in [6, 6.07) is -0.306. The van der Waals surface area contributed by atoms with Crippen LogP contribution in [0.25, 0.3) is 0 Å². The summed E-state index contributed by atoms with van der Waals surface area (Å²) in [6.07, 6.45) is 0.231. The lowest BCUT2D eigenvalue weighted by molar-refractivity contribution is 0.135. The first kappa shape index (κ1) is 11.3. The Morgan fingerprint density at radius 3 is 3.00 bits per heavy atom. The Balaban J connectivity index is 1.98. The molecule has 0 aromatic carbocycles. The molecule has 1 aromatic rings. The molecule has 0 aliphatic carbocycles. The normalized spacial score (nSPS) is 24.8. The van der Waals surface area contributed by atoms with Crippen LogP contribution in [0.3, 0.4) is 0 Å². The molecular formula is C10H15N3O2S. The van der Waals surface area contributed by atoms with Crippen molar-refractivity contribution in [1.82, 2.24) is 9.88 Å². The molecule has 1 saturated heterocycles. The van der Waals surface area contributed by atoms with Crippen molar-refractivity contribution in [3.05, 3.63) is 11.1 Å². The van der Waals surface area contributed by atoms with E-state index in [0.29, 0.717) is 18.1 Å². The van der Waals surface area contributed by atoms with E-state index >= 15 is 0 Å². The lowest BCUT2D eigenvalue weighted by Crippen LogP contribution is -2.40. The maximum atomic E-state index is 11.9. The predicted octanol–water partition coefficient (Wildman–Crippen LogP) is 1.44. The third-order valence-electron chi connectivity index (χ3n) is 2.81. The van der Waals surface area contributed by atoms with Crippen LogP contribution in [-0.2, 0) is 0 Å². The number of nitrogens with zero attached hydrogens (tertiary/aromatic N) is 2. The minimum Gasteiger partial charge on any atom is -0.391 e. The van der Waals surface area contributed by atoms with Crippen molar-refractivity contribution in [2.24, 2.45) is 0 Å². The van der Waals surface area contributed by atoms with E-state index < -0.39 is 6.10 Å². The van der Waals surface area contributed by atoms with Gasteiger partial charge in [-0.05, 0) is 20.3 Å². The van der Waals surface area contributed by atoms with E-state index in [1.807, 2.05) is 19.2 Å². The van der Waals surface area contributed by atoms with Crippen LogP contribution in [0.15, 0.2) is 5.38 Å². The number of amides is 2. The topological polar surface area (TPSA) is 65.5 Å². The Hall–Kier alpha value is -1.14. The van der Waals surface area contributed by atoms with E-state index in [1.54, 1.807) is 4.90 Å². The van der Waals surface area contributed by atoms with Crippen molar-refractivity contribution >= 4 is 22.5 Å². The Kier molecular flexibility index (Phi) is 3.11. The highest BCUT2D eigenvalue weighted by Gasteiger charge is 2.32. The van der Waals surface area contributed by atoms with Crippen LogP contribution < -0.4 is 5.32 Å². The second-order valence-corrected chi connectivity index (χ2v) is 4.87. The lowest BCUT2D eigenvalue weighted by atomic mass is 10.2. The quantitative estimate of drug-likeness (QED) is 0.782. The van der Waals surface area contributed by atoms with E-state index in [1.165, 1.54) is 11.3 Å². The predicted molar refractivity (Wildman–Crippen MR) is 62.7 cm³/mol. The number of anilines is 1. The number of aliphatic hydroxyl groups excluding tert-OH is 1. The van der Waals surface area contributed by atoms with Gasteiger partial charge in [-0.15, -0.1) is 11.3 Å². The number of likely N-dealkylation sites (tertiary alicyclic amines) is 1. The molecule has 88 valence electrons. The number of hydrogen-bond donors (Lipinski definition) is 2. The zero-order chi connectivity index (χ0) is 11.7. The fourth-order valence-corrected chi connectivity index (χ4v) is 2.46. The maximum Gasteiger partial charge on any atom is 0.323 e. The number of rotatable bonds is 1. The minimum atomic E-state index is -0.413. The summed E-state index contributed by atoms with van der Waals surface area (Å²) >= 11 is 1.41. The van der Waals surface area contributed by atoms with Gasteiger partial charge in [0.05, 0.1) is 17.8 Å². The summed E-state index contributed by atoms with van der Waals surface area (Å²) in [7, 11) is 0. The Morgan fingerprint density at radius 2 is 2.50 bits per heavy atom. The van der Waals surface area contributed by atoms with Gasteiger partial charge in [0.25, 0.3) is 0 Å². The van der Waals surface area contributed by atoms with Gasteiger partial charge < -0.3 is 10.0 Å². The third kappa shape index (κ3) is 2.17. The Labute approximate surface area is 98.1 Å². The fraction of sp³-hybridized carbons (Fsp3) is 0.600. The molecule has 0 unspecified atom stereocenters. The molecule has 0 spiro atoms. The van der Waals surface area contributed by atoms with Gasteiger partial charge in [0.2, 0.25) is 0 Å². The van der Waals surface area contributed by atoms with E-state index in [9.17, 15) is 9.90 Å². The largest absolute Gasteiger partial charge is 0.391 e. The van der Waals surface area contributed by atoms with Crippen molar-refractivity contribution < 1.29 is 9.90 Å². The van der Waals surface area contributed by atoms with Crippen molar-refractivity contribution in [2.45, 2.75) is 32.4 Å². The molecule has 1 fully saturated rings. The summed E-state index contributed by atoms with van der Waals surface area (Å²) in [5, 5.41) is 14.8. The van der Waals surface area contributed by atoms with Crippen molar-refractivity contribution in [1.29, 1.82) is 0 Å². The molecule has 1 aliphatic rings. The average molecular weight is 241 g/mol. The van der Waals surface area contributed by atoms with Crippen LogP contribution in [0.5, 0.6) is 0 Å². The minimum absolute atomic E-state index is 0.124. The molecule has 1 aliphatic heterocycles. The number of aryl methyl sites for hydroxylation is 1. The zero-order valence-corrected chi connectivity index (χ0v) is 10.1. The molecule has 2 N–H and O–H groups in total. The molecule has 16 heavy (non-hydrogen) atoms. The van der Waals surface area contributed by atoms with Crippen molar-refractivity contribution in [2.75, 3.05) is 11.9 Å². The molecule has 5 nitrogen and oxygen atoms in total. The molecule has 2 rings (SSSR count). The van der Waals surface area contributed by atoms with E-state index in [0.717, 1.165) is 5.69 Å². The van der Waals surface area contributed by atoms with E-state index in [2.05, 4.69) is 10.3 Å². The number of nitrogens with one attached hydrogen (secondary N) is 1. The molecule has 6 heteroatoms. The Bertz CT molecular complexity index is 393. The summed E-state index contributed by atoms with van der Waals surface area (Å²) < 4.78 is 0. The number of carbonyl (C=O) groups excluding carboxylic acids is 1. The molecular weight excluding hydrogens is 226 g/mol. The second kappa shape index (κ2) is 4.39. The van der Waals surface area contributed by atoms with Gasteiger partial charge in [-0.25, -0.2) is 9.78 Å². The zero-order valence-electron chi connectivity index (χ0n) is 9.30. The first-order valence-electron chi connectivity index (χ1n) is 5.26. The van der Waals surface area contributed by atoms with Gasteiger partial charge in [-0.2, -0.15) is 0 Å². The standard InChI is InChI=1S/C10H15N3O2S/c1-6-5-16-9(11-6)12-10(15)13-4-3-8(14)7(13)2/h5,7-8,14H,3-4H2,1-2H3,(H,11,12,15)/t7-,8-/m1/s1. The highest BCUT2D eigenvalue weighted by Crippen LogP contribution is 2.20. The lowest BCUT2D eigenvalue weighted by Gasteiger charge is -2.22. The summed E-state index contributed by atoms with van der Waals surface area (Å²) in [5.41, 5.74) is 0.898. The first-order chi connectivity index (χ1) is 7.58. The Morgan fingerprint density at radius 1 is 1.75 bits per heavy atom. The van der Waals surface area contributed by atoms with Crippen LogP contribution in [0, 0.1) is 6.92 Å². The fourth-order valence-electron chi connectivity index (χ4n) is 1.79. The summed E-state index contributed by atoms with van der Waals surface area (Å²) in [5.74, 6) is 0. The highest BCUT2D eigenvalue weighted by molar-refractivity contribution is 7.13. The van der Waals surface area contributed by atoms with E-state index in [4.69, 9.17) is 0 Å². The average Bonchev–Trinajstić information content (AvgIpc) is 2.76. The molecule has 1 aromatic heterocycles. The number of thiazole rings is 1. The maximum absolute atomic E-state index is 11.9. The SMILES string of the molecule is Cc1csc(NC(=O)N2CC[C@@H](O)[C@H]2C)n1. The number of urea groups is 1. The summed E-state index contributed by atoms with van der Waals surface area (Å²) in [6.45, 7) is 4.33. The van der Waals surface area contributed by atoms with Crippen LogP contribution in [-0.4, -0.2) is 39.7 Å². The molecule has 0 radical (unpaired) electrons. The monoisotopic (exact) mass is 241 g/mol. The molecule has 2 heterocycles. The van der Waals surface area contributed by atoms with Gasteiger partial charge in [-0.1, -0.05) is 0 Å². The number of aliphatic hydroxyl groups is 1. The molecule has 0 saturated carbocycles. The number of carbonyl (C=O) groups is 1. The van der Waals surface area contributed by atoms with E-state index in [-0.39, 0.29) is 12.1 Å². The van der Waals surface area contributed by atoms with Gasteiger partial charge in [0, 0.05) is 11.9 Å². The van der Waals surface area contributed by atoms with Crippen LogP contribution >= 0.6 is 11.3 Å². The summed E-state index contributed by atoms with van der Waals surface area (Å²) in [4.78, 5) is 17.7. The smallest absolute Gasteiger partial charge is 0.323 e. The van der Waals surface area contributed by atoms with Gasteiger partial charge >= 0.3 is 6.03 Å². The first-order valence-corrected chi connectivity index (χ1v) is 6.13. The highest BCUT2D eigenvalue weighted by atomic mass is 32.1. The third-order valence-corrected chi connectivity index (χ3v) is 3.68. The second-order valence-electron chi connectivity index (χ2n) is 4.01. The van der Waals surface area contributed by atoms with Gasteiger partial charge in [-0.3, -0.25) is 5.32 Å². The molecule has 0 bridgehead atoms. The van der Waals surface area contributed by atoms with Gasteiger partial charge in [0.15, 0.2) is 5.13 Å². The van der Waals surface area contributed by atoms with Crippen LogP contribution in [0.2, 0.25) is 0 Å². The van der Waals surface area contributed by atoms with Crippen LogP contribution in [0.4, 0.5) is 9.93 Å².